The van der Waals surface area contributed by atoms with Crippen molar-refractivity contribution in [3.05, 3.63) is 70.8 Å². The molecule has 0 radical (unpaired) electrons. The van der Waals surface area contributed by atoms with E-state index in [0.29, 0.717) is 19.4 Å². The Kier molecular flexibility index (Phi) is 7.25. The summed E-state index contributed by atoms with van der Waals surface area (Å²) >= 11 is 0. The van der Waals surface area contributed by atoms with E-state index in [2.05, 4.69) is 48.3 Å². The number of aliphatic hydroxyl groups is 1. The second kappa shape index (κ2) is 9.66. The highest BCUT2D eigenvalue weighted by Crippen LogP contribution is 2.17. The Hall–Kier alpha value is -2.57. The van der Waals surface area contributed by atoms with E-state index in [1.807, 2.05) is 24.3 Å². The van der Waals surface area contributed by atoms with Gasteiger partial charge in [0.25, 0.3) is 0 Å². The van der Waals surface area contributed by atoms with E-state index in [4.69, 9.17) is 0 Å². The van der Waals surface area contributed by atoms with Gasteiger partial charge in [0.2, 0.25) is 5.91 Å². The van der Waals surface area contributed by atoms with Crippen LogP contribution in [0.15, 0.2) is 48.5 Å². The summed E-state index contributed by atoms with van der Waals surface area (Å²) in [5.74, 6) is 6.33. The summed E-state index contributed by atoms with van der Waals surface area (Å²) in [6.07, 6.45) is 1.34. The minimum absolute atomic E-state index is 0.0789. The molecule has 3 nitrogen and oxygen atoms in total. The molecule has 0 aliphatic carbocycles. The van der Waals surface area contributed by atoms with Crippen LogP contribution < -0.4 is 5.32 Å². The molecule has 25 heavy (non-hydrogen) atoms. The first kappa shape index (κ1) is 18.8. The van der Waals surface area contributed by atoms with E-state index >= 15 is 0 Å². The molecule has 0 aliphatic rings. The van der Waals surface area contributed by atoms with Gasteiger partial charge >= 0.3 is 0 Å². The lowest BCUT2D eigenvalue weighted by atomic mass is 10.0. The predicted octanol–water partition coefficient (Wildman–Crippen LogP) is 3.34. The van der Waals surface area contributed by atoms with Crippen molar-refractivity contribution in [1.82, 2.24) is 5.32 Å². The maximum atomic E-state index is 10.9. The number of hydrogen-bond donors (Lipinski definition) is 2. The quantitative estimate of drug-likeness (QED) is 0.796. The van der Waals surface area contributed by atoms with Crippen LogP contribution in [-0.2, 0) is 17.6 Å². The molecule has 0 spiro atoms. The maximum absolute atomic E-state index is 10.9. The molecule has 0 aliphatic heterocycles. The summed E-state index contributed by atoms with van der Waals surface area (Å²) in [6.45, 7) is 4.02. The number of rotatable bonds is 6. The number of aryl methyl sites for hydroxylation is 1. The molecule has 2 aromatic rings. The third-order valence-electron chi connectivity index (χ3n) is 3.96. The van der Waals surface area contributed by atoms with Crippen LogP contribution in [0, 0.1) is 18.8 Å². The lowest BCUT2D eigenvalue weighted by Crippen LogP contribution is -2.22. The molecule has 130 valence electrons. The van der Waals surface area contributed by atoms with Gasteiger partial charge in [-0.3, -0.25) is 4.79 Å². The Morgan fingerprint density at radius 1 is 1.08 bits per heavy atom. The van der Waals surface area contributed by atoms with Gasteiger partial charge < -0.3 is 10.4 Å². The molecular formula is C22H25NO2. The second-order valence-electron chi connectivity index (χ2n) is 6.23. The average Bonchev–Trinajstić information content (AvgIpc) is 2.60. The van der Waals surface area contributed by atoms with Crippen LogP contribution in [0.2, 0.25) is 0 Å². The lowest BCUT2D eigenvalue weighted by molar-refractivity contribution is -0.119. The molecule has 1 atom stereocenters. The van der Waals surface area contributed by atoms with Gasteiger partial charge in [-0.05, 0) is 30.0 Å². The molecule has 1 amide bonds. The van der Waals surface area contributed by atoms with Crippen LogP contribution in [-0.4, -0.2) is 17.6 Å². The van der Waals surface area contributed by atoms with Gasteiger partial charge in [-0.25, -0.2) is 0 Å². The standard InChI is InChI=1S/C22H25NO2/c1-17-10-12-19(13-11-17)6-3-4-7-20-8-5-9-21(16-20)22(25)14-15-23-18(2)24/h5,8-13,16,22,25H,6-7,14-15H2,1-2H3,(H,23,24). The first-order chi connectivity index (χ1) is 12.0. The van der Waals surface area contributed by atoms with Crippen LogP contribution in [0.3, 0.4) is 0 Å². The van der Waals surface area contributed by atoms with Crippen LogP contribution in [0.4, 0.5) is 0 Å². The first-order valence-electron chi connectivity index (χ1n) is 8.57. The summed E-state index contributed by atoms with van der Waals surface area (Å²) in [4.78, 5) is 10.9. The fraction of sp³-hybridized carbons (Fsp3) is 0.318. The SMILES string of the molecule is CC(=O)NCCC(O)c1cccc(CC#CCc2ccc(C)cc2)c1. The molecule has 0 saturated carbocycles. The molecule has 0 aromatic heterocycles. The first-order valence-corrected chi connectivity index (χ1v) is 8.57. The zero-order valence-corrected chi connectivity index (χ0v) is 14.9. The molecule has 2 rings (SSSR count). The molecule has 3 heteroatoms. The van der Waals surface area contributed by atoms with Crippen molar-refractivity contribution in [2.24, 2.45) is 0 Å². The Morgan fingerprint density at radius 3 is 2.44 bits per heavy atom. The highest BCUT2D eigenvalue weighted by Gasteiger charge is 2.07. The average molecular weight is 335 g/mol. The molecule has 0 heterocycles. The molecule has 0 saturated heterocycles. The summed E-state index contributed by atoms with van der Waals surface area (Å²) in [7, 11) is 0. The topological polar surface area (TPSA) is 49.3 Å². The van der Waals surface area contributed by atoms with Crippen molar-refractivity contribution < 1.29 is 9.90 Å². The Morgan fingerprint density at radius 2 is 1.76 bits per heavy atom. The van der Waals surface area contributed by atoms with E-state index in [9.17, 15) is 9.90 Å². The van der Waals surface area contributed by atoms with Gasteiger partial charge in [0.1, 0.15) is 0 Å². The van der Waals surface area contributed by atoms with E-state index in [-0.39, 0.29) is 5.91 Å². The van der Waals surface area contributed by atoms with Gasteiger partial charge in [0.05, 0.1) is 6.10 Å². The zero-order chi connectivity index (χ0) is 18.1. The minimum atomic E-state index is -0.577. The zero-order valence-electron chi connectivity index (χ0n) is 14.9. The largest absolute Gasteiger partial charge is 0.388 e. The molecular weight excluding hydrogens is 310 g/mol. The van der Waals surface area contributed by atoms with Crippen LogP contribution in [0.5, 0.6) is 0 Å². The lowest BCUT2D eigenvalue weighted by Gasteiger charge is -2.12. The van der Waals surface area contributed by atoms with E-state index in [1.165, 1.54) is 18.1 Å². The molecule has 1 unspecified atom stereocenters. The van der Waals surface area contributed by atoms with Gasteiger partial charge in [0.15, 0.2) is 0 Å². The molecule has 0 fully saturated rings. The summed E-state index contributed by atoms with van der Waals surface area (Å²) in [6, 6.07) is 16.3. The number of carbonyl (C=O) groups is 1. The fourth-order valence-electron chi connectivity index (χ4n) is 2.50. The predicted molar refractivity (Wildman–Crippen MR) is 101 cm³/mol. The van der Waals surface area contributed by atoms with Crippen molar-refractivity contribution >= 4 is 5.91 Å². The number of amides is 1. The Balaban J connectivity index is 1.87. The smallest absolute Gasteiger partial charge is 0.216 e. The molecule has 0 bridgehead atoms. The number of benzene rings is 2. The third kappa shape index (κ3) is 6.82. The van der Waals surface area contributed by atoms with Crippen molar-refractivity contribution in [3.8, 4) is 11.8 Å². The Labute approximate surface area is 150 Å². The van der Waals surface area contributed by atoms with Crippen LogP contribution in [0.1, 0.15) is 41.7 Å². The Bertz CT molecular complexity index is 754. The molecule has 2 aromatic carbocycles. The van der Waals surface area contributed by atoms with Gasteiger partial charge in [-0.15, -0.1) is 0 Å². The minimum Gasteiger partial charge on any atom is -0.388 e. The van der Waals surface area contributed by atoms with Gasteiger partial charge in [-0.2, -0.15) is 0 Å². The summed E-state index contributed by atoms with van der Waals surface area (Å²) < 4.78 is 0. The van der Waals surface area contributed by atoms with Crippen molar-refractivity contribution in [2.45, 2.75) is 39.2 Å². The van der Waals surface area contributed by atoms with E-state index in [0.717, 1.165) is 17.5 Å². The van der Waals surface area contributed by atoms with E-state index < -0.39 is 6.10 Å². The third-order valence-corrected chi connectivity index (χ3v) is 3.96. The molecule has 2 N–H and O–H groups in total. The number of hydrogen-bond acceptors (Lipinski definition) is 2. The summed E-state index contributed by atoms with van der Waals surface area (Å²) in [5.41, 5.74) is 4.43. The fourth-order valence-corrected chi connectivity index (χ4v) is 2.50. The van der Waals surface area contributed by atoms with Crippen molar-refractivity contribution in [2.75, 3.05) is 6.54 Å². The second-order valence-corrected chi connectivity index (χ2v) is 6.23. The monoisotopic (exact) mass is 335 g/mol. The van der Waals surface area contributed by atoms with E-state index in [1.54, 1.807) is 0 Å². The van der Waals surface area contributed by atoms with Gasteiger partial charge in [0, 0.05) is 26.3 Å². The number of nitrogens with one attached hydrogen (secondary N) is 1. The van der Waals surface area contributed by atoms with Crippen molar-refractivity contribution in [1.29, 1.82) is 0 Å². The maximum Gasteiger partial charge on any atom is 0.216 e. The van der Waals surface area contributed by atoms with Gasteiger partial charge in [-0.1, -0.05) is 65.9 Å². The van der Waals surface area contributed by atoms with Crippen LogP contribution in [0.25, 0.3) is 0 Å². The number of aliphatic hydroxyl groups excluding tert-OH is 1. The number of carbonyl (C=O) groups excluding carboxylic acids is 1. The highest BCUT2D eigenvalue weighted by atomic mass is 16.3. The van der Waals surface area contributed by atoms with Crippen LogP contribution >= 0.6 is 0 Å². The normalized spacial score (nSPS) is 11.3. The highest BCUT2D eigenvalue weighted by molar-refractivity contribution is 5.72. The summed E-state index contributed by atoms with van der Waals surface area (Å²) in [5, 5.41) is 12.9. The van der Waals surface area contributed by atoms with Crippen molar-refractivity contribution in [3.63, 3.8) is 0 Å².